The smallest absolute Gasteiger partial charge is 0.195 e. The van der Waals surface area contributed by atoms with Gasteiger partial charge < -0.3 is 0 Å². The summed E-state index contributed by atoms with van der Waals surface area (Å²) in [5, 5.41) is 3.89. The standard InChI is InChI=1S/C11H6BrF3N2O/c1-17-11(12)6(4-18)10(16-17)5-2-3-7(13)9(15)8(5)14/h2-4H,1H3. The van der Waals surface area contributed by atoms with Gasteiger partial charge in [-0.15, -0.1) is 0 Å². The maximum absolute atomic E-state index is 13.6. The Labute approximate surface area is 108 Å². The van der Waals surface area contributed by atoms with Gasteiger partial charge in [0, 0.05) is 12.6 Å². The van der Waals surface area contributed by atoms with Crippen molar-refractivity contribution in [2.24, 2.45) is 7.05 Å². The highest BCUT2D eigenvalue weighted by atomic mass is 79.9. The van der Waals surface area contributed by atoms with E-state index in [1.807, 2.05) is 0 Å². The molecule has 0 spiro atoms. The molecule has 0 saturated heterocycles. The molecule has 7 heteroatoms. The molecule has 0 atom stereocenters. The quantitative estimate of drug-likeness (QED) is 0.630. The van der Waals surface area contributed by atoms with Crippen LogP contribution in [-0.2, 0) is 7.05 Å². The number of aryl methyl sites for hydroxylation is 1. The van der Waals surface area contributed by atoms with Crippen molar-refractivity contribution in [1.82, 2.24) is 9.78 Å². The van der Waals surface area contributed by atoms with E-state index in [2.05, 4.69) is 21.0 Å². The molecule has 0 radical (unpaired) electrons. The summed E-state index contributed by atoms with van der Waals surface area (Å²) in [5.74, 6) is -4.26. The molecule has 1 aromatic heterocycles. The van der Waals surface area contributed by atoms with Crippen molar-refractivity contribution in [3.05, 3.63) is 39.8 Å². The summed E-state index contributed by atoms with van der Waals surface area (Å²) >= 11 is 3.09. The Hall–Kier alpha value is -1.63. The van der Waals surface area contributed by atoms with E-state index in [1.165, 1.54) is 11.7 Å². The molecule has 1 aromatic carbocycles. The third-order valence-electron chi connectivity index (χ3n) is 2.42. The van der Waals surface area contributed by atoms with Gasteiger partial charge >= 0.3 is 0 Å². The molecular weight excluding hydrogens is 313 g/mol. The maximum atomic E-state index is 13.6. The lowest BCUT2D eigenvalue weighted by Gasteiger charge is -2.02. The lowest BCUT2D eigenvalue weighted by atomic mass is 10.1. The van der Waals surface area contributed by atoms with Gasteiger partial charge in [0.1, 0.15) is 10.3 Å². The minimum absolute atomic E-state index is 0.0456. The molecule has 2 rings (SSSR count). The fourth-order valence-electron chi connectivity index (χ4n) is 1.53. The first-order valence-corrected chi connectivity index (χ1v) is 5.58. The van der Waals surface area contributed by atoms with Crippen LogP contribution in [0.5, 0.6) is 0 Å². The first kappa shape index (κ1) is 12.8. The molecule has 0 N–H and O–H groups in total. The van der Waals surface area contributed by atoms with Gasteiger partial charge in [-0.25, -0.2) is 13.2 Å². The van der Waals surface area contributed by atoms with Crippen LogP contribution in [0.4, 0.5) is 13.2 Å². The number of carbonyl (C=O) groups excluding carboxylic acids is 1. The summed E-state index contributed by atoms with van der Waals surface area (Å²) in [6.07, 6.45) is 0.465. The van der Waals surface area contributed by atoms with E-state index in [1.54, 1.807) is 0 Å². The molecule has 0 unspecified atom stereocenters. The zero-order valence-corrected chi connectivity index (χ0v) is 10.6. The second kappa shape index (κ2) is 4.56. The van der Waals surface area contributed by atoms with Crippen molar-refractivity contribution >= 4 is 22.2 Å². The van der Waals surface area contributed by atoms with Crippen LogP contribution in [0.3, 0.4) is 0 Å². The van der Waals surface area contributed by atoms with Gasteiger partial charge in [0.15, 0.2) is 23.7 Å². The molecular formula is C11H6BrF3N2O. The molecule has 3 nitrogen and oxygen atoms in total. The molecule has 0 aliphatic heterocycles. The predicted molar refractivity (Wildman–Crippen MR) is 61.6 cm³/mol. The Morgan fingerprint density at radius 1 is 1.28 bits per heavy atom. The molecule has 0 fully saturated rings. The van der Waals surface area contributed by atoms with Crippen LogP contribution >= 0.6 is 15.9 Å². The topological polar surface area (TPSA) is 34.9 Å². The lowest BCUT2D eigenvalue weighted by Crippen LogP contribution is -1.96. The lowest BCUT2D eigenvalue weighted by molar-refractivity contribution is 0.112. The molecule has 0 aliphatic carbocycles. The third-order valence-corrected chi connectivity index (χ3v) is 3.36. The van der Waals surface area contributed by atoms with Gasteiger partial charge in [-0.1, -0.05) is 0 Å². The van der Waals surface area contributed by atoms with Crippen molar-refractivity contribution in [2.45, 2.75) is 0 Å². The summed E-state index contributed by atoms with van der Waals surface area (Å²) in [6.45, 7) is 0. The fourth-order valence-corrected chi connectivity index (χ4v) is 1.89. The second-order valence-electron chi connectivity index (χ2n) is 3.52. The Bertz CT molecular complexity index is 640. The molecule has 0 amide bonds. The molecule has 0 saturated carbocycles. The summed E-state index contributed by atoms with van der Waals surface area (Å²) in [7, 11) is 1.53. The van der Waals surface area contributed by atoms with Gasteiger partial charge in [-0.2, -0.15) is 5.10 Å². The largest absolute Gasteiger partial charge is 0.298 e. The number of hydrogen-bond acceptors (Lipinski definition) is 2. The molecule has 94 valence electrons. The van der Waals surface area contributed by atoms with Crippen molar-refractivity contribution in [3.63, 3.8) is 0 Å². The average molecular weight is 319 g/mol. The van der Waals surface area contributed by atoms with Gasteiger partial charge in [0.25, 0.3) is 0 Å². The normalized spacial score (nSPS) is 10.7. The van der Waals surface area contributed by atoms with E-state index < -0.39 is 17.5 Å². The van der Waals surface area contributed by atoms with Crippen molar-refractivity contribution in [2.75, 3.05) is 0 Å². The van der Waals surface area contributed by atoms with E-state index in [4.69, 9.17) is 0 Å². The number of aromatic nitrogens is 2. The highest BCUT2D eigenvalue weighted by Crippen LogP contribution is 2.30. The monoisotopic (exact) mass is 318 g/mol. The Morgan fingerprint density at radius 2 is 1.94 bits per heavy atom. The van der Waals surface area contributed by atoms with Crippen LogP contribution < -0.4 is 0 Å². The van der Waals surface area contributed by atoms with Gasteiger partial charge in [0.2, 0.25) is 0 Å². The van der Waals surface area contributed by atoms with Gasteiger partial charge in [0.05, 0.1) is 5.56 Å². The van der Waals surface area contributed by atoms with E-state index in [9.17, 15) is 18.0 Å². The number of nitrogens with zero attached hydrogens (tertiary/aromatic N) is 2. The van der Waals surface area contributed by atoms with Crippen molar-refractivity contribution in [3.8, 4) is 11.3 Å². The average Bonchev–Trinajstić information content (AvgIpc) is 2.62. The van der Waals surface area contributed by atoms with Crippen LogP contribution in [0, 0.1) is 17.5 Å². The number of aldehydes is 1. The van der Waals surface area contributed by atoms with Crippen LogP contribution in [0.2, 0.25) is 0 Å². The van der Waals surface area contributed by atoms with Crippen LogP contribution in [0.15, 0.2) is 16.7 Å². The van der Waals surface area contributed by atoms with E-state index in [-0.39, 0.29) is 16.8 Å². The van der Waals surface area contributed by atoms with Gasteiger partial charge in [-0.05, 0) is 28.1 Å². The highest BCUT2D eigenvalue weighted by molar-refractivity contribution is 9.10. The molecule has 18 heavy (non-hydrogen) atoms. The molecule has 0 bridgehead atoms. The molecule has 2 aromatic rings. The number of benzene rings is 1. The highest BCUT2D eigenvalue weighted by Gasteiger charge is 2.21. The SMILES string of the molecule is Cn1nc(-c2ccc(F)c(F)c2F)c(C=O)c1Br. The first-order chi connectivity index (χ1) is 8.47. The Balaban J connectivity index is 2.74. The maximum Gasteiger partial charge on any atom is 0.195 e. The zero-order chi connectivity index (χ0) is 13.4. The Morgan fingerprint density at radius 3 is 2.56 bits per heavy atom. The Kier molecular flexibility index (Phi) is 3.25. The number of hydrogen-bond donors (Lipinski definition) is 0. The number of rotatable bonds is 2. The summed E-state index contributed by atoms with van der Waals surface area (Å²) < 4.78 is 41.2. The predicted octanol–water partition coefficient (Wildman–Crippen LogP) is 3.08. The van der Waals surface area contributed by atoms with Crippen LogP contribution in [0.25, 0.3) is 11.3 Å². The first-order valence-electron chi connectivity index (χ1n) is 4.79. The second-order valence-corrected chi connectivity index (χ2v) is 4.27. The van der Waals surface area contributed by atoms with Crippen LogP contribution in [0.1, 0.15) is 10.4 Å². The van der Waals surface area contributed by atoms with Crippen molar-refractivity contribution < 1.29 is 18.0 Å². The minimum Gasteiger partial charge on any atom is -0.298 e. The number of carbonyl (C=O) groups is 1. The fraction of sp³-hybridized carbons (Fsp3) is 0.0909. The summed E-state index contributed by atoms with van der Waals surface area (Å²) in [6, 6.07) is 1.82. The van der Waals surface area contributed by atoms with Crippen LogP contribution in [-0.4, -0.2) is 16.1 Å². The zero-order valence-electron chi connectivity index (χ0n) is 9.05. The summed E-state index contributed by atoms with van der Waals surface area (Å²) in [4.78, 5) is 10.9. The van der Waals surface area contributed by atoms with Crippen molar-refractivity contribution in [1.29, 1.82) is 0 Å². The van der Waals surface area contributed by atoms with E-state index in [0.29, 0.717) is 10.9 Å². The van der Waals surface area contributed by atoms with E-state index >= 15 is 0 Å². The third kappa shape index (κ3) is 1.84. The molecule has 0 aliphatic rings. The number of halogens is 4. The minimum atomic E-state index is -1.59. The molecule has 1 heterocycles. The van der Waals surface area contributed by atoms with Gasteiger partial charge in [-0.3, -0.25) is 9.48 Å². The summed E-state index contributed by atoms with van der Waals surface area (Å²) in [5.41, 5.74) is -0.240. The van der Waals surface area contributed by atoms with E-state index in [0.717, 1.165) is 12.1 Å².